The smallest absolute Gasteiger partial charge is 0.128 e. The normalized spacial score (nSPS) is 11.9. The molecule has 15 heavy (non-hydrogen) atoms. The molecule has 1 rings (SSSR count). The predicted molar refractivity (Wildman–Crippen MR) is 66.5 cm³/mol. The molecule has 0 amide bonds. The number of hydrogen-bond donors (Lipinski definition) is 0. The van der Waals surface area contributed by atoms with Gasteiger partial charge in [0.05, 0.1) is 0 Å². The second kappa shape index (κ2) is 4.21. The molecular formula is C13H22N2. The number of nitrogens with zero attached hydrogens (tertiary/aromatic N) is 2. The van der Waals surface area contributed by atoms with Crippen molar-refractivity contribution < 1.29 is 0 Å². The molecule has 0 aromatic carbocycles. The summed E-state index contributed by atoms with van der Waals surface area (Å²) in [7, 11) is 2.08. The molecule has 0 fully saturated rings. The largest absolute Gasteiger partial charge is 0.357 e. The molecule has 0 aliphatic carbocycles. The molecule has 0 radical (unpaired) electrons. The maximum Gasteiger partial charge on any atom is 0.128 e. The van der Waals surface area contributed by atoms with Crippen molar-refractivity contribution >= 4 is 5.82 Å². The van der Waals surface area contributed by atoms with Gasteiger partial charge in [-0.2, -0.15) is 0 Å². The van der Waals surface area contributed by atoms with Gasteiger partial charge in [0.25, 0.3) is 0 Å². The Morgan fingerprint density at radius 3 is 2.27 bits per heavy atom. The number of pyridine rings is 1. The molecule has 2 nitrogen and oxygen atoms in total. The van der Waals surface area contributed by atoms with Gasteiger partial charge in [-0.1, -0.05) is 26.8 Å². The van der Waals surface area contributed by atoms with Gasteiger partial charge in [-0.25, -0.2) is 4.98 Å². The molecule has 0 saturated carbocycles. The van der Waals surface area contributed by atoms with E-state index >= 15 is 0 Å². The van der Waals surface area contributed by atoms with E-state index in [1.165, 1.54) is 0 Å². The molecule has 1 aromatic heterocycles. The first-order valence-electron chi connectivity index (χ1n) is 5.52. The van der Waals surface area contributed by atoms with Crippen LogP contribution in [0.5, 0.6) is 0 Å². The Kier molecular flexibility index (Phi) is 3.38. The lowest BCUT2D eigenvalue weighted by molar-refractivity contribution is 0.567. The SMILES string of the molecule is CC(C)N(C)c1cccc(C(C)(C)C)n1. The molecule has 1 heterocycles. The van der Waals surface area contributed by atoms with Gasteiger partial charge in [-0.05, 0) is 26.0 Å². The maximum atomic E-state index is 4.69. The van der Waals surface area contributed by atoms with Crippen molar-refractivity contribution in [2.45, 2.75) is 46.1 Å². The van der Waals surface area contributed by atoms with Gasteiger partial charge >= 0.3 is 0 Å². The van der Waals surface area contributed by atoms with E-state index in [-0.39, 0.29) is 5.41 Å². The van der Waals surface area contributed by atoms with E-state index in [0.717, 1.165) is 11.5 Å². The third kappa shape index (κ3) is 2.95. The van der Waals surface area contributed by atoms with Gasteiger partial charge in [-0.3, -0.25) is 0 Å². The summed E-state index contributed by atoms with van der Waals surface area (Å²) in [5.41, 5.74) is 1.26. The zero-order chi connectivity index (χ0) is 11.6. The third-order valence-electron chi connectivity index (χ3n) is 2.64. The topological polar surface area (TPSA) is 16.1 Å². The van der Waals surface area contributed by atoms with Crippen LogP contribution in [-0.4, -0.2) is 18.1 Å². The molecule has 0 saturated heterocycles. The Morgan fingerprint density at radius 1 is 1.20 bits per heavy atom. The van der Waals surface area contributed by atoms with Crippen LogP contribution >= 0.6 is 0 Å². The summed E-state index contributed by atoms with van der Waals surface area (Å²) in [6.45, 7) is 10.9. The summed E-state index contributed by atoms with van der Waals surface area (Å²) >= 11 is 0. The third-order valence-corrected chi connectivity index (χ3v) is 2.64. The van der Waals surface area contributed by atoms with Crippen LogP contribution in [0.1, 0.15) is 40.3 Å². The Balaban J connectivity index is 3.03. The fourth-order valence-electron chi connectivity index (χ4n) is 1.30. The van der Waals surface area contributed by atoms with Gasteiger partial charge in [0, 0.05) is 24.2 Å². The molecule has 0 aliphatic heterocycles. The first-order chi connectivity index (χ1) is 6.82. The first-order valence-corrected chi connectivity index (χ1v) is 5.52. The molecule has 84 valence electrons. The van der Waals surface area contributed by atoms with Crippen LogP contribution in [0.2, 0.25) is 0 Å². The minimum atomic E-state index is 0.119. The van der Waals surface area contributed by atoms with Crippen LogP contribution in [0.4, 0.5) is 5.82 Å². The van der Waals surface area contributed by atoms with Gasteiger partial charge in [0.15, 0.2) is 0 Å². The predicted octanol–water partition coefficient (Wildman–Crippen LogP) is 3.22. The Labute approximate surface area is 93.3 Å². The molecule has 0 bridgehead atoms. The molecule has 0 spiro atoms. The fourth-order valence-corrected chi connectivity index (χ4v) is 1.30. The number of aromatic nitrogens is 1. The van der Waals surface area contributed by atoms with Crippen molar-refractivity contribution in [3.8, 4) is 0 Å². The summed E-state index contributed by atoms with van der Waals surface area (Å²) in [4.78, 5) is 6.88. The van der Waals surface area contributed by atoms with E-state index in [4.69, 9.17) is 4.98 Å². The lowest BCUT2D eigenvalue weighted by atomic mass is 9.92. The average molecular weight is 206 g/mol. The van der Waals surface area contributed by atoms with Crippen molar-refractivity contribution in [3.63, 3.8) is 0 Å². The second-order valence-corrected chi connectivity index (χ2v) is 5.34. The van der Waals surface area contributed by atoms with E-state index in [1.54, 1.807) is 0 Å². The van der Waals surface area contributed by atoms with Crippen LogP contribution in [0.25, 0.3) is 0 Å². The zero-order valence-corrected chi connectivity index (χ0v) is 10.7. The standard InChI is InChI=1S/C13H22N2/c1-10(2)15(6)12-9-7-8-11(14-12)13(3,4)5/h7-10H,1-6H3. The lowest BCUT2D eigenvalue weighted by Crippen LogP contribution is -2.27. The fraction of sp³-hybridized carbons (Fsp3) is 0.615. The Hall–Kier alpha value is -1.05. The highest BCUT2D eigenvalue weighted by Crippen LogP contribution is 2.22. The zero-order valence-electron chi connectivity index (χ0n) is 10.7. The summed E-state index contributed by atoms with van der Waals surface area (Å²) in [5, 5.41) is 0. The van der Waals surface area contributed by atoms with Crippen LogP contribution in [-0.2, 0) is 5.41 Å². The van der Waals surface area contributed by atoms with Gasteiger partial charge in [-0.15, -0.1) is 0 Å². The van der Waals surface area contributed by atoms with E-state index in [9.17, 15) is 0 Å². The molecule has 2 heteroatoms. The minimum Gasteiger partial charge on any atom is -0.357 e. The van der Waals surface area contributed by atoms with E-state index in [2.05, 4.69) is 64.8 Å². The quantitative estimate of drug-likeness (QED) is 0.738. The summed E-state index contributed by atoms with van der Waals surface area (Å²) in [6, 6.07) is 6.72. The number of rotatable bonds is 2. The Morgan fingerprint density at radius 2 is 1.80 bits per heavy atom. The van der Waals surface area contributed by atoms with Crippen molar-refractivity contribution in [2.24, 2.45) is 0 Å². The van der Waals surface area contributed by atoms with Gasteiger partial charge in [0.2, 0.25) is 0 Å². The van der Waals surface area contributed by atoms with Gasteiger partial charge < -0.3 is 4.90 Å². The van der Waals surface area contributed by atoms with Crippen molar-refractivity contribution in [1.29, 1.82) is 0 Å². The summed E-state index contributed by atoms with van der Waals surface area (Å²) < 4.78 is 0. The van der Waals surface area contributed by atoms with Crippen molar-refractivity contribution in [1.82, 2.24) is 4.98 Å². The van der Waals surface area contributed by atoms with Crippen molar-refractivity contribution in [3.05, 3.63) is 23.9 Å². The molecular weight excluding hydrogens is 184 g/mol. The molecule has 1 aromatic rings. The number of hydrogen-bond acceptors (Lipinski definition) is 2. The molecule has 0 unspecified atom stereocenters. The van der Waals surface area contributed by atoms with E-state index < -0.39 is 0 Å². The van der Waals surface area contributed by atoms with Crippen LogP contribution in [0, 0.1) is 0 Å². The van der Waals surface area contributed by atoms with Crippen LogP contribution in [0.15, 0.2) is 18.2 Å². The maximum absolute atomic E-state index is 4.69. The molecule has 0 atom stereocenters. The first kappa shape index (κ1) is 12.0. The Bertz CT molecular complexity index is 324. The average Bonchev–Trinajstić information content (AvgIpc) is 2.15. The molecule has 0 aliphatic rings. The number of anilines is 1. The summed E-state index contributed by atoms with van der Waals surface area (Å²) in [6.07, 6.45) is 0. The van der Waals surface area contributed by atoms with Gasteiger partial charge in [0.1, 0.15) is 5.82 Å². The van der Waals surface area contributed by atoms with E-state index in [1.807, 2.05) is 0 Å². The molecule has 0 N–H and O–H groups in total. The van der Waals surface area contributed by atoms with E-state index in [0.29, 0.717) is 6.04 Å². The lowest BCUT2D eigenvalue weighted by Gasteiger charge is -2.25. The summed E-state index contributed by atoms with van der Waals surface area (Å²) in [5.74, 6) is 1.05. The van der Waals surface area contributed by atoms with Crippen molar-refractivity contribution in [2.75, 3.05) is 11.9 Å². The van der Waals surface area contributed by atoms with Crippen LogP contribution < -0.4 is 4.90 Å². The highest BCUT2D eigenvalue weighted by Gasteiger charge is 2.16. The monoisotopic (exact) mass is 206 g/mol. The highest BCUT2D eigenvalue weighted by molar-refractivity contribution is 5.40. The second-order valence-electron chi connectivity index (χ2n) is 5.34. The minimum absolute atomic E-state index is 0.119. The van der Waals surface area contributed by atoms with Crippen LogP contribution in [0.3, 0.4) is 0 Å². The highest BCUT2D eigenvalue weighted by atomic mass is 15.2.